The molecule has 0 spiro atoms. The average Bonchev–Trinajstić information content (AvgIpc) is 2.84. The van der Waals surface area contributed by atoms with E-state index in [1.165, 1.54) is 0 Å². The minimum Gasteiger partial charge on any atom is -0.370 e. The highest BCUT2D eigenvalue weighted by molar-refractivity contribution is 5.97. The fourth-order valence-electron chi connectivity index (χ4n) is 3.22. The first-order valence-electron chi connectivity index (χ1n) is 11.1. The summed E-state index contributed by atoms with van der Waals surface area (Å²) in [6.07, 6.45) is 0.800. The molecule has 0 saturated carbocycles. The topological polar surface area (TPSA) is 195 Å². The summed E-state index contributed by atoms with van der Waals surface area (Å²) in [6, 6.07) is 15.5. The van der Waals surface area contributed by atoms with E-state index in [1.54, 1.807) is 30.3 Å². The van der Waals surface area contributed by atoms with Crippen LogP contribution < -0.4 is 33.2 Å². The molecular formula is C24H31N7O4. The number of benzene rings is 2. The zero-order valence-corrected chi connectivity index (χ0v) is 19.3. The highest BCUT2D eigenvalue weighted by Crippen LogP contribution is 2.06. The van der Waals surface area contributed by atoms with Crippen LogP contribution in [-0.2, 0) is 20.8 Å². The van der Waals surface area contributed by atoms with E-state index in [-0.39, 0.29) is 31.9 Å². The highest BCUT2D eigenvalue weighted by Gasteiger charge is 2.26. The fraction of sp³-hybridized carbons (Fsp3) is 0.292. The summed E-state index contributed by atoms with van der Waals surface area (Å²) < 4.78 is 0. The number of carbonyl (C=O) groups is 4. The van der Waals surface area contributed by atoms with E-state index in [1.807, 2.05) is 30.3 Å². The largest absolute Gasteiger partial charge is 0.370 e. The normalized spacial score (nSPS) is 12.0. The third kappa shape index (κ3) is 9.95. The van der Waals surface area contributed by atoms with E-state index >= 15 is 0 Å². The molecule has 4 amide bonds. The van der Waals surface area contributed by atoms with Gasteiger partial charge in [-0.3, -0.25) is 24.2 Å². The van der Waals surface area contributed by atoms with Crippen molar-refractivity contribution in [3.8, 4) is 0 Å². The fourth-order valence-corrected chi connectivity index (χ4v) is 3.22. The monoisotopic (exact) mass is 481 g/mol. The first-order valence-corrected chi connectivity index (χ1v) is 11.1. The van der Waals surface area contributed by atoms with Gasteiger partial charge in [-0.15, -0.1) is 0 Å². The Morgan fingerprint density at radius 3 is 2.06 bits per heavy atom. The van der Waals surface area contributed by atoms with Crippen LogP contribution in [0.3, 0.4) is 0 Å². The number of nitrogens with zero attached hydrogens (tertiary/aromatic N) is 1. The molecule has 0 bridgehead atoms. The lowest BCUT2D eigenvalue weighted by Gasteiger charge is -2.22. The maximum absolute atomic E-state index is 13.0. The van der Waals surface area contributed by atoms with Gasteiger partial charge in [0.25, 0.3) is 5.91 Å². The summed E-state index contributed by atoms with van der Waals surface area (Å²) in [4.78, 5) is 53.5. The van der Waals surface area contributed by atoms with Crippen LogP contribution >= 0.6 is 0 Å². The molecule has 11 heteroatoms. The van der Waals surface area contributed by atoms with Crippen molar-refractivity contribution in [2.45, 2.75) is 31.3 Å². The van der Waals surface area contributed by atoms with Gasteiger partial charge in [-0.2, -0.15) is 0 Å². The van der Waals surface area contributed by atoms with E-state index in [4.69, 9.17) is 17.2 Å². The van der Waals surface area contributed by atoms with E-state index in [0.717, 1.165) is 5.56 Å². The third-order valence-electron chi connectivity index (χ3n) is 4.99. The molecule has 9 N–H and O–H groups in total. The quantitative estimate of drug-likeness (QED) is 0.123. The van der Waals surface area contributed by atoms with Gasteiger partial charge in [0.2, 0.25) is 17.7 Å². The Morgan fingerprint density at radius 1 is 0.829 bits per heavy atom. The molecule has 11 nitrogen and oxygen atoms in total. The molecule has 0 aromatic heterocycles. The van der Waals surface area contributed by atoms with Crippen molar-refractivity contribution in [2.24, 2.45) is 22.2 Å². The highest BCUT2D eigenvalue weighted by atomic mass is 16.2. The number of hydrogen-bond donors (Lipinski definition) is 6. The van der Waals surface area contributed by atoms with E-state index < -0.39 is 35.7 Å². The van der Waals surface area contributed by atoms with Crippen LogP contribution in [0.4, 0.5) is 0 Å². The first-order chi connectivity index (χ1) is 16.8. The molecule has 0 radical (unpaired) electrons. The molecule has 2 unspecified atom stereocenters. The predicted octanol–water partition coefficient (Wildman–Crippen LogP) is -0.832. The molecular weight excluding hydrogens is 450 g/mol. The summed E-state index contributed by atoms with van der Waals surface area (Å²) in [6.45, 7) is -0.0582. The Morgan fingerprint density at radius 2 is 1.46 bits per heavy atom. The van der Waals surface area contributed by atoms with Crippen LogP contribution in [0.25, 0.3) is 0 Å². The number of amides is 4. The standard InChI is InChI=1S/C24H31N7O4/c25-21(33)18(12-7-13-28-24(26)27)31-23(35)19(14-16-8-3-1-4-9-16)30-20(32)15-29-22(34)17-10-5-2-6-11-17/h1-6,8-11,18-19H,7,12-15H2,(H2,25,33)(H,29,34)(H,30,32)(H,31,35)(H4,26,27,28). The Balaban J connectivity index is 2.02. The van der Waals surface area contributed by atoms with Gasteiger partial charge in [-0.25, -0.2) is 0 Å². The van der Waals surface area contributed by atoms with Gasteiger partial charge < -0.3 is 33.2 Å². The summed E-state index contributed by atoms with van der Waals surface area (Å²) in [7, 11) is 0. The average molecular weight is 482 g/mol. The third-order valence-corrected chi connectivity index (χ3v) is 4.99. The summed E-state index contributed by atoms with van der Waals surface area (Å²) >= 11 is 0. The van der Waals surface area contributed by atoms with Crippen LogP contribution in [-0.4, -0.2) is 54.8 Å². The smallest absolute Gasteiger partial charge is 0.251 e. The maximum Gasteiger partial charge on any atom is 0.251 e. The van der Waals surface area contributed by atoms with Gasteiger partial charge >= 0.3 is 0 Å². The number of primary amides is 1. The number of nitrogens with one attached hydrogen (secondary N) is 3. The molecule has 0 fully saturated rings. The van der Waals surface area contributed by atoms with Gasteiger partial charge in [0.05, 0.1) is 6.54 Å². The maximum atomic E-state index is 13.0. The number of aliphatic imine (C=N–C) groups is 1. The Bertz CT molecular complexity index is 1020. The number of guanidine groups is 1. The van der Waals surface area contributed by atoms with Gasteiger partial charge in [0, 0.05) is 18.5 Å². The van der Waals surface area contributed by atoms with Gasteiger partial charge in [0.15, 0.2) is 5.96 Å². The van der Waals surface area contributed by atoms with Crippen LogP contribution in [0, 0.1) is 0 Å². The van der Waals surface area contributed by atoms with E-state index in [2.05, 4.69) is 20.9 Å². The van der Waals surface area contributed by atoms with Gasteiger partial charge in [-0.05, 0) is 30.5 Å². The number of nitrogens with two attached hydrogens (primary N) is 3. The van der Waals surface area contributed by atoms with Crippen molar-refractivity contribution in [1.82, 2.24) is 16.0 Å². The zero-order valence-electron chi connectivity index (χ0n) is 19.3. The molecule has 2 aromatic rings. The first kappa shape index (κ1) is 26.8. The molecule has 0 aliphatic heterocycles. The molecule has 0 saturated heterocycles. The lowest BCUT2D eigenvalue weighted by molar-refractivity contribution is -0.131. The number of rotatable bonds is 13. The minimum absolute atomic E-state index is 0.0744. The van der Waals surface area contributed by atoms with Gasteiger partial charge in [-0.1, -0.05) is 48.5 Å². The van der Waals surface area contributed by atoms with Crippen molar-refractivity contribution in [2.75, 3.05) is 13.1 Å². The predicted molar refractivity (Wildman–Crippen MR) is 132 cm³/mol. The van der Waals surface area contributed by atoms with Crippen molar-refractivity contribution in [3.05, 3.63) is 71.8 Å². The van der Waals surface area contributed by atoms with Crippen LogP contribution in [0.5, 0.6) is 0 Å². The second kappa shape index (κ2) is 14.0. The minimum atomic E-state index is -1.00. The summed E-state index contributed by atoms with van der Waals surface area (Å²) in [5.74, 6) is -2.35. The number of carbonyl (C=O) groups excluding carboxylic acids is 4. The molecule has 2 rings (SSSR count). The molecule has 0 aliphatic carbocycles. The Kier molecular flexibility index (Phi) is 10.7. The van der Waals surface area contributed by atoms with E-state index in [9.17, 15) is 19.2 Å². The van der Waals surface area contributed by atoms with Crippen molar-refractivity contribution in [1.29, 1.82) is 0 Å². The Hall–Kier alpha value is -4.41. The second-order valence-corrected chi connectivity index (χ2v) is 7.77. The van der Waals surface area contributed by atoms with Crippen molar-refractivity contribution < 1.29 is 19.2 Å². The molecule has 186 valence electrons. The number of hydrogen-bond acceptors (Lipinski definition) is 5. The van der Waals surface area contributed by atoms with Crippen LogP contribution in [0.2, 0.25) is 0 Å². The Labute approximate surface area is 203 Å². The molecule has 35 heavy (non-hydrogen) atoms. The lowest BCUT2D eigenvalue weighted by atomic mass is 10.0. The van der Waals surface area contributed by atoms with Crippen molar-refractivity contribution >= 4 is 29.6 Å². The zero-order chi connectivity index (χ0) is 25.6. The lowest BCUT2D eigenvalue weighted by Crippen LogP contribution is -2.54. The molecule has 2 atom stereocenters. The molecule has 2 aromatic carbocycles. The molecule has 0 heterocycles. The summed E-state index contributed by atoms with van der Waals surface area (Å²) in [5, 5.41) is 7.74. The van der Waals surface area contributed by atoms with Gasteiger partial charge in [0.1, 0.15) is 12.1 Å². The van der Waals surface area contributed by atoms with E-state index in [0.29, 0.717) is 12.0 Å². The second-order valence-electron chi connectivity index (χ2n) is 7.77. The summed E-state index contributed by atoms with van der Waals surface area (Å²) in [5.41, 5.74) is 17.2. The molecule has 0 aliphatic rings. The SMILES string of the molecule is NC(=O)C(CCCN=C(N)N)NC(=O)C(Cc1ccccc1)NC(=O)CNC(=O)c1ccccc1. The van der Waals surface area contributed by atoms with Crippen LogP contribution in [0.15, 0.2) is 65.7 Å². The van der Waals surface area contributed by atoms with Crippen LogP contribution in [0.1, 0.15) is 28.8 Å². The van der Waals surface area contributed by atoms with Crippen molar-refractivity contribution in [3.63, 3.8) is 0 Å².